The third-order valence-corrected chi connectivity index (χ3v) is 3.39. The first kappa shape index (κ1) is 14.3. The fourth-order valence-electron chi connectivity index (χ4n) is 2.24. The lowest BCUT2D eigenvalue weighted by molar-refractivity contribution is -0.140. The Morgan fingerprint density at radius 3 is 2.50 bits per heavy atom. The average Bonchev–Trinajstić information content (AvgIpc) is 2.85. The Morgan fingerprint density at radius 2 is 1.77 bits per heavy atom. The summed E-state index contributed by atoms with van der Waals surface area (Å²) in [6, 6.07) is 16.4. The molecular weight excluding hydrogens is 304 g/mol. The van der Waals surface area contributed by atoms with E-state index in [4.69, 9.17) is 11.6 Å². The molecule has 0 saturated carbocycles. The normalized spacial score (nSPS) is 15.0. The van der Waals surface area contributed by atoms with Crippen molar-refractivity contribution < 1.29 is 14.4 Å². The van der Waals surface area contributed by atoms with Crippen LogP contribution in [-0.4, -0.2) is 23.5 Å². The third kappa shape index (κ3) is 2.46. The first-order chi connectivity index (χ1) is 10.7. The molecule has 0 aromatic heterocycles. The van der Waals surface area contributed by atoms with Crippen LogP contribution in [0.2, 0.25) is 0 Å². The number of amides is 1. The van der Waals surface area contributed by atoms with E-state index in [0.717, 1.165) is 0 Å². The smallest absolute Gasteiger partial charge is 0.316 e. The molecule has 0 saturated heterocycles. The van der Waals surface area contributed by atoms with Crippen LogP contribution in [0.25, 0.3) is 0 Å². The van der Waals surface area contributed by atoms with Crippen molar-refractivity contribution in [3.63, 3.8) is 0 Å². The second kappa shape index (κ2) is 5.99. The fourth-order valence-corrected chi connectivity index (χ4v) is 2.29. The number of carbonyl (C=O) groups is 2. The van der Waals surface area contributed by atoms with E-state index >= 15 is 0 Å². The van der Waals surface area contributed by atoms with Gasteiger partial charge >= 0.3 is 5.97 Å². The molecule has 1 aliphatic heterocycles. The van der Waals surface area contributed by atoms with Crippen LogP contribution in [0.4, 0.5) is 11.4 Å². The molecule has 0 N–H and O–H groups in total. The van der Waals surface area contributed by atoms with E-state index < -0.39 is 5.97 Å². The van der Waals surface area contributed by atoms with Gasteiger partial charge in [-0.1, -0.05) is 41.6 Å². The molecule has 3 rings (SSSR count). The molecule has 2 aromatic carbocycles. The monoisotopic (exact) mass is 314 g/mol. The average molecular weight is 315 g/mol. The quantitative estimate of drug-likeness (QED) is 0.497. The summed E-state index contributed by atoms with van der Waals surface area (Å²) in [7, 11) is 0. The molecule has 1 heterocycles. The molecule has 0 aliphatic carbocycles. The van der Waals surface area contributed by atoms with Gasteiger partial charge in [0, 0.05) is 11.3 Å². The molecule has 0 spiro atoms. The van der Waals surface area contributed by atoms with E-state index in [1.807, 2.05) is 42.5 Å². The zero-order valence-electron chi connectivity index (χ0n) is 11.4. The van der Waals surface area contributed by atoms with E-state index in [0.29, 0.717) is 16.9 Å². The van der Waals surface area contributed by atoms with Gasteiger partial charge in [-0.3, -0.25) is 9.69 Å². The highest BCUT2D eigenvalue weighted by molar-refractivity contribution is 6.55. The molecule has 1 amide bonds. The van der Waals surface area contributed by atoms with Crippen molar-refractivity contribution in [1.82, 2.24) is 0 Å². The Bertz CT molecular complexity index is 759. The molecule has 0 fully saturated rings. The van der Waals surface area contributed by atoms with Gasteiger partial charge in [-0.15, -0.1) is 11.6 Å². The van der Waals surface area contributed by atoms with Gasteiger partial charge in [0.05, 0.1) is 5.69 Å². The Hall–Kier alpha value is -2.66. The van der Waals surface area contributed by atoms with Crippen molar-refractivity contribution in [2.75, 3.05) is 10.8 Å². The summed E-state index contributed by atoms with van der Waals surface area (Å²) in [5.74, 6) is -1.39. The van der Waals surface area contributed by atoms with Gasteiger partial charge in [-0.25, -0.2) is 4.79 Å². The highest BCUT2D eigenvalue weighted by atomic mass is 35.5. The Morgan fingerprint density at radius 1 is 1.09 bits per heavy atom. The molecule has 5 nitrogen and oxygen atoms in total. The molecule has 110 valence electrons. The highest BCUT2D eigenvalue weighted by Crippen LogP contribution is 2.35. The maximum absolute atomic E-state index is 12.6. The number of alkyl halides is 1. The topological polar surface area (TPSA) is 59.0 Å². The SMILES string of the molecule is O=C(CCl)O/N=C1\C(=O)N(c2ccccc2)c2ccccc21. The van der Waals surface area contributed by atoms with E-state index in [9.17, 15) is 9.59 Å². The Kier molecular flexibility index (Phi) is 3.89. The summed E-state index contributed by atoms with van der Waals surface area (Å²) in [6.45, 7) is 0. The Labute approximate surface area is 131 Å². The van der Waals surface area contributed by atoms with Crippen LogP contribution in [0.15, 0.2) is 59.8 Å². The van der Waals surface area contributed by atoms with Crippen molar-refractivity contribution in [2.45, 2.75) is 0 Å². The van der Waals surface area contributed by atoms with E-state index in [1.54, 1.807) is 12.1 Å². The third-order valence-electron chi connectivity index (χ3n) is 3.17. The van der Waals surface area contributed by atoms with Crippen LogP contribution < -0.4 is 4.90 Å². The predicted octanol–water partition coefficient (Wildman–Crippen LogP) is 2.85. The lowest BCUT2D eigenvalue weighted by Crippen LogP contribution is -2.25. The molecule has 0 unspecified atom stereocenters. The summed E-state index contributed by atoms with van der Waals surface area (Å²) >= 11 is 5.36. The van der Waals surface area contributed by atoms with Crippen molar-refractivity contribution in [3.8, 4) is 0 Å². The first-order valence-corrected chi connectivity index (χ1v) is 7.08. The fraction of sp³-hybridized carbons (Fsp3) is 0.0625. The van der Waals surface area contributed by atoms with Crippen LogP contribution in [0.3, 0.4) is 0 Å². The summed E-state index contributed by atoms with van der Waals surface area (Å²) < 4.78 is 0. The summed E-state index contributed by atoms with van der Waals surface area (Å²) in [4.78, 5) is 30.0. The second-order valence-corrected chi connectivity index (χ2v) is 4.80. The second-order valence-electron chi connectivity index (χ2n) is 4.53. The summed E-state index contributed by atoms with van der Waals surface area (Å²) in [5, 5.41) is 3.68. The zero-order valence-corrected chi connectivity index (χ0v) is 12.2. The molecule has 1 aliphatic rings. The molecule has 22 heavy (non-hydrogen) atoms. The minimum absolute atomic E-state index is 0.0814. The molecular formula is C16H11ClN2O3. The molecule has 0 bridgehead atoms. The number of anilines is 2. The van der Waals surface area contributed by atoms with Crippen molar-refractivity contribution >= 4 is 40.6 Å². The summed E-state index contributed by atoms with van der Waals surface area (Å²) in [5.41, 5.74) is 2.10. The molecule has 2 aromatic rings. The molecule has 0 atom stereocenters. The maximum Gasteiger partial charge on any atom is 0.349 e. The number of nitrogens with zero attached hydrogens (tertiary/aromatic N) is 2. The van der Waals surface area contributed by atoms with Gasteiger partial charge in [0.25, 0.3) is 5.91 Å². The lowest BCUT2D eigenvalue weighted by Gasteiger charge is -2.16. The number of oxime groups is 1. The highest BCUT2D eigenvalue weighted by Gasteiger charge is 2.35. The Balaban J connectivity index is 2.05. The van der Waals surface area contributed by atoms with Gasteiger partial charge in [0.2, 0.25) is 0 Å². The standard InChI is InChI=1S/C16H11ClN2O3/c17-10-14(20)22-18-15-12-8-4-5-9-13(12)19(16(15)21)11-6-2-1-3-7-11/h1-9H,10H2/b18-15-. The van der Waals surface area contributed by atoms with E-state index in [-0.39, 0.29) is 17.5 Å². The first-order valence-electron chi connectivity index (χ1n) is 6.55. The lowest BCUT2D eigenvalue weighted by atomic mass is 10.1. The van der Waals surface area contributed by atoms with Crippen LogP contribution in [0.1, 0.15) is 5.56 Å². The number of rotatable bonds is 3. The number of benzene rings is 2. The molecule has 6 heteroatoms. The van der Waals surface area contributed by atoms with Gasteiger partial charge in [-0.05, 0) is 18.2 Å². The van der Waals surface area contributed by atoms with Crippen LogP contribution >= 0.6 is 11.6 Å². The number of halogens is 1. The molecule has 0 radical (unpaired) electrons. The van der Waals surface area contributed by atoms with Crippen molar-refractivity contribution in [2.24, 2.45) is 5.16 Å². The van der Waals surface area contributed by atoms with Crippen LogP contribution in [-0.2, 0) is 14.4 Å². The zero-order chi connectivity index (χ0) is 15.5. The maximum atomic E-state index is 12.6. The van der Waals surface area contributed by atoms with Crippen molar-refractivity contribution in [1.29, 1.82) is 0 Å². The van der Waals surface area contributed by atoms with Gasteiger partial charge < -0.3 is 4.84 Å². The van der Waals surface area contributed by atoms with E-state index in [2.05, 4.69) is 9.99 Å². The minimum Gasteiger partial charge on any atom is -0.316 e. The minimum atomic E-state index is -0.711. The van der Waals surface area contributed by atoms with Crippen LogP contribution in [0, 0.1) is 0 Å². The number of hydrogen-bond donors (Lipinski definition) is 0. The number of para-hydroxylation sites is 2. The number of fused-ring (bicyclic) bond motifs is 1. The number of hydrogen-bond acceptors (Lipinski definition) is 4. The van der Waals surface area contributed by atoms with Crippen LogP contribution in [0.5, 0.6) is 0 Å². The number of carbonyl (C=O) groups excluding carboxylic acids is 2. The predicted molar refractivity (Wildman–Crippen MR) is 83.4 cm³/mol. The summed E-state index contributed by atoms with van der Waals surface area (Å²) in [6.07, 6.45) is 0. The largest absolute Gasteiger partial charge is 0.349 e. The van der Waals surface area contributed by atoms with Gasteiger partial charge in [-0.2, -0.15) is 0 Å². The van der Waals surface area contributed by atoms with Gasteiger partial charge in [0.15, 0.2) is 5.71 Å². The van der Waals surface area contributed by atoms with Gasteiger partial charge in [0.1, 0.15) is 5.88 Å². The van der Waals surface area contributed by atoms with Crippen molar-refractivity contribution in [3.05, 3.63) is 60.2 Å². The van der Waals surface area contributed by atoms with E-state index in [1.165, 1.54) is 4.90 Å².